The van der Waals surface area contributed by atoms with Gasteiger partial charge in [0.15, 0.2) is 11.0 Å². The van der Waals surface area contributed by atoms with Gasteiger partial charge in [-0.1, -0.05) is 48.2 Å². The Labute approximate surface area is 181 Å². The standard InChI is InChI=1S/C22H26N6OS/c1-4-14-28-21(18-10-12-23-13-11-18)25-26-22(28)30-16-20(29)24-15-19(27(2)3)17-8-6-5-7-9-17/h4-13,19H,1,14-16H2,2-3H3,(H,24,29)/t19-/m1/s1. The van der Waals surface area contributed by atoms with Crippen molar-refractivity contribution in [3.05, 3.63) is 73.1 Å². The van der Waals surface area contributed by atoms with Crippen LogP contribution in [-0.4, -0.2) is 56.9 Å². The van der Waals surface area contributed by atoms with E-state index < -0.39 is 0 Å². The molecule has 1 aromatic carbocycles. The number of pyridine rings is 1. The predicted octanol–water partition coefficient (Wildman–Crippen LogP) is 3.04. The Morgan fingerprint density at radius 1 is 1.20 bits per heavy atom. The molecule has 2 aromatic heterocycles. The molecule has 0 spiro atoms. The van der Waals surface area contributed by atoms with Gasteiger partial charge in [0, 0.05) is 31.0 Å². The van der Waals surface area contributed by atoms with Crippen LogP contribution >= 0.6 is 11.8 Å². The lowest BCUT2D eigenvalue weighted by atomic mass is 10.1. The molecule has 1 atom stereocenters. The largest absolute Gasteiger partial charge is 0.353 e. The van der Waals surface area contributed by atoms with Gasteiger partial charge in [0.2, 0.25) is 5.91 Å². The van der Waals surface area contributed by atoms with Crippen LogP contribution in [0.1, 0.15) is 11.6 Å². The fourth-order valence-corrected chi connectivity index (χ4v) is 3.85. The third-order valence-electron chi connectivity index (χ3n) is 4.60. The molecule has 0 saturated carbocycles. The summed E-state index contributed by atoms with van der Waals surface area (Å²) in [7, 11) is 4.02. The van der Waals surface area contributed by atoms with Crippen LogP contribution < -0.4 is 5.32 Å². The molecule has 1 amide bonds. The van der Waals surface area contributed by atoms with Gasteiger partial charge < -0.3 is 10.2 Å². The Balaban J connectivity index is 1.62. The molecule has 1 N–H and O–H groups in total. The Kier molecular flexibility index (Phi) is 7.75. The van der Waals surface area contributed by atoms with E-state index in [2.05, 4.69) is 44.1 Å². The van der Waals surface area contributed by atoms with Crippen molar-refractivity contribution in [2.45, 2.75) is 17.7 Å². The number of hydrogen-bond donors (Lipinski definition) is 1. The first kappa shape index (κ1) is 21.7. The summed E-state index contributed by atoms with van der Waals surface area (Å²) < 4.78 is 1.95. The number of benzene rings is 1. The average molecular weight is 423 g/mol. The summed E-state index contributed by atoms with van der Waals surface area (Å²) in [5.41, 5.74) is 2.09. The molecule has 2 heterocycles. The van der Waals surface area contributed by atoms with Gasteiger partial charge in [-0.15, -0.1) is 16.8 Å². The molecule has 0 bridgehead atoms. The van der Waals surface area contributed by atoms with Crippen molar-refractivity contribution >= 4 is 17.7 Å². The van der Waals surface area contributed by atoms with E-state index in [1.165, 1.54) is 17.3 Å². The van der Waals surface area contributed by atoms with Crippen LogP contribution in [0.15, 0.2) is 72.7 Å². The second kappa shape index (κ2) is 10.7. The van der Waals surface area contributed by atoms with Gasteiger partial charge in [0.25, 0.3) is 0 Å². The lowest BCUT2D eigenvalue weighted by Gasteiger charge is -2.25. The van der Waals surface area contributed by atoms with Gasteiger partial charge in [-0.05, 0) is 31.8 Å². The summed E-state index contributed by atoms with van der Waals surface area (Å²) in [6, 6.07) is 14.0. The predicted molar refractivity (Wildman–Crippen MR) is 120 cm³/mol. The Morgan fingerprint density at radius 3 is 2.60 bits per heavy atom. The molecule has 30 heavy (non-hydrogen) atoms. The van der Waals surface area contributed by atoms with Crippen molar-refractivity contribution < 1.29 is 4.79 Å². The van der Waals surface area contributed by atoms with Crippen molar-refractivity contribution in [2.75, 3.05) is 26.4 Å². The van der Waals surface area contributed by atoms with E-state index in [9.17, 15) is 4.79 Å². The normalized spacial score (nSPS) is 12.0. The fourth-order valence-electron chi connectivity index (χ4n) is 3.07. The molecule has 0 aliphatic carbocycles. The number of nitrogens with one attached hydrogen (secondary N) is 1. The van der Waals surface area contributed by atoms with E-state index in [0.717, 1.165) is 11.4 Å². The van der Waals surface area contributed by atoms with E-state index in [-0.39, 0.29) is 17.7 Å². The van der Waals surface area contributed by atoms with E-state index in [1.807, 2.05) is 49.0 Å². The zero-order valence-corrected chi connectivity index (χ0v) is 18.0. The maximum atomic E-state index is 12.5. The number of thioether (sulfide) groups is 1. The number of nitrogens with zero attached hydrogens (tertiary/aromatic N) is 5. The average Bonchev–Trinajstić information content (AvgIpc) is 3.16. The number of allylic oxidation sites excluding steroid dienone is 1. The highest BCUT2D eigenvalue weighted by atomic mass is 32.2. The minimum Gasteiger partial charge on any atom is -0.353 e. The summed E-state index contributed by atoms with van der Waals surface area (Å²) >= 11 is 1.37. The molecule has 156 valence electrons. The molecule has 8 heteroatoms. The van der Waals surface area contributed by atoms with Crippen molar-refractivity contribution in [2.24, 2.45) is 0 Å². The lowest BCUT2D eigenvalue weighted by molar-refractivity contribution is -0.118. The lowest BCUT2D eigenvalue weighted by Crippen LogP contribution is -2.35. The molecule has 3 rings (SSSR count). The minimum atomic E-state index is -0.0404. The Morgan fingerprint density at radius 2 is 1.93 bits per heavy atom. The number of likely N-dealkylation sites (N-methyl/N-ethyl adjacent to an activating group) is 1. The zero-order valence-electron chi connectivity index (χ0n) is 17.2. The Bertz CT molecular complexity index is 958. The summed E-state index contributed by atoms with van der Waals surface area (Å²) in [5, 5.41) is 12.3. The quantitative estimate of drug-likeness (QED) is 0.400. The molecule has 0 fully saturated rings. The molecule has 0 aliphatic heterocycles. The van der Waals surface area contributed by atoms with E-state index in [1.54, 1.807) is 18.5 Å². The number of rotatable bonds is 10. The van der Waals surface area contributed by atoms with Crippen LogP contribution in [0.4, 0.5) is 0 Å². The summed E-state index contributed by atoms with van der Waals surface area (Å²) in [6.45, 7) is 4.92. The first-order chi connectivity index (χ1) is 14.6. The van der Waals surface area contributed by atoms with Gasteiger partial charge in [0.1, 0.15) is 0 Å². The highest BCUT2D eigenvalue weighted by molar-refractivity contribution is 7.99. The fraction of sp³-hybridized carbons (Fsp3) is 0.273. The first-order valence-corrected chi connectivity index (χ1v) is 10.6. The van der Waals surface area contributed by atoms with Crippen LogP contribution in [0.5, 0.6) is 0 Å². The molecular formula is C22H26N6OS. The van der Waals surface area contributed by atoms with Gasteiger partial charge in [-0.25, -0.2) is 0 Å². The maximum absolute atomic E-state index is 12.5. The van der Waals surface area contributed by atoms with E-state index in [4.69, 9.17) is 0 Å². The van der Waals surface area contributed by atoms with Crippen molar-refractivity contribution in [3.63, 3.8) is 0 Å². The SMILES string of the molecule is C=CCn1c(SCC(=O)NC[C@H](c2ccccc2)N(C)C)nnc1-c1ccncc1. The second-order valence-corrected chi connectivity index (χ2v) is 7.87. The number of hydrogen-bond acceptors (Lipinski definition) is 6. The molecular weight excluding hydrogens is 396 g/mol. The van der Waals surface area contributed by atoms with E-state index in [0.29, 0.717) is 18.2 Å². The molecule has 0 saturated heterocycles. The van der Waals surface area contributed by atoms with Crippen molar-refractivity contribution in [1.82, 2.24) is 30.0 Å². The van der Waals surface area contributed by atoms with Crippen LogP contribution in [-0.2, 0) is 11.3 Å². The van der Waals surface area contributed by atoms with Crippen LogP contribution in [0, 0.1) is 0 Å². The van der Waals surface area contributed by atoms with Crippen molar-refractivity contribution in [1.29, 1.82) is 0 Å². The number of carbonyl (C=O) groups excluding carboxylic acids is 1. The molecule has 3 aromatic rings. The molecule has 0 radical (unpaired) electrons. The van der Waals surface area contributed by atoms with Crippen LogP contribution in [0.2, 0.25) is 0 Å². The summed E-state index contributed by atoms with van der Waals surface area (Å²) in [6.07, 6.45) is 5.23. The second-order valence-electron chi connectivity index (χ2n) is 6.92. The van der Waals surface area contributed by atoms with Gasteiger partial charge >= 0.3 is 0 Å². The smallest absolute Gasteiger partial charge is 0.230 e. The monoisotopic (exact) mass is 422 g/mol. The number of amides is 1. The van der Waals surface area contributed by atoms with Gasteiger partial charge in [-0.3, -0.25) is 14.3 Å². The van der Waals surface area contributed by atoms with Gasteiger partial charge in [-0.2, -0.15) is 0 Å². The topological polar surface area (TPSA) is 75.9 Å². The third-order valence-corrected chi connectivity index (χ3v) is 5.57. The highest BCUT2D eigenvalue weighted by Gasteiger charge is 2.17. The van der Waals surface area contributed by atoms with Gasteiger partial charge in [0.05, 0.1) is 11.8 Å². The molecule has 7 nitrogen and oxygen atoms in total. The highest BCUT2D eigenvalue weighted by Crippen LogP contribution is 2.23. The first-order valence-electron chi connectivity index (χ1n) is 9.65. The third kappa shape index (κ3) is 5.55. The summed E-state index contributed by atoms with van der Waals surface area (Å²) in [5.74, 6) is 0.957. The minimum absolute atomic E-state index is 0.0404. The number of carbonyl (C=O) groups is 1. The summed E-state index contributed by atoms with van der Waals surface area (Å²) in [4.78, 5) is 18.6. The molecule has 0 aliphatic rings. The van der Waals surface area contributed by atoms with E-state index >= 15 is 0 Å². The Hall–Kier alpha value is -2.97. The van der Waals surface area contributed by atoms with Crippen molar-refractivity contribution in [3.8, 4) is 11.4 Å². The maximum Gasteiger partial charge on any atom is 0.230 e. The van der Waals surface area contributed by atoms with Crippen LogP contribution in [0.25, 0.3) is 11.4 Å². The number of aromatic nitrogens is 4. The zero-order chi connectivity index (χ0) is 21.3. The molecule has 0 unspecified atom stereocenters. The van der Waals surface area contributed by atoms with Crippen LogP contribution in [0.3, 0.4) is 0 Å².